The topological polar surface area (TPSA) is 59.6 Å². The van der Waals surface area contributed by atoms with Crippen molar-refractivity contribution in [3.05, 3.63) is 54.6 Å². The van der Waals surface area contributed by atoms with Gasteiger partial charge in [-0.05, 0) is 37.1 Å². The summed E-state index contributed by atoms with van der Waals surface area (Å²) in [6.45, 7) is 1.96. The molecule has 1 aliphatic rings. The molecule has 26 heavy (non-hydrogen) atoms. The van der Waals surface area contributed by atoms with E-state index in [1.165, 1.54) is 4.90 Å². The summed E-state index contributed by atoms with van der Waals surface area (Å²) in [6.07, 6.45) is 2.32. The molecule has 1 saturated heterocycles. The molecule has 138 valence electrons. The number of urea groups is 1. The minimum atomic E-state index is -0.213. The number of hydrogen-bond donors (Lipinski definition) is 2. The fourth-order valence-electron chi connectivity index (χ4n) is 2.65. The molecule has 0 aliphatic carbocycles. The molecular formula is C20H24N2O3S. The number of thioether (sulfide) groups is 1. The summed E-state index contributed by atoms with van der Waals surface area (Å²) in [5.74, 6) is 1.56. The molecule has 0 radical (unpaired) electrons. The van der Waals surface area contributed by atoms with E-state index in [1.54, 1.807) is 11.8 Å². The molecule has 3 rings (SSSR count). The largest absolute Gasteiger partial charge is 0.491 e. The van der Waals surface area contributed by atoms with Gasteiger partial charge in [-0.2, -0.15) is 0 Å². The quantitative estimate of drug-likeness (QED) is 0.540. The van der Waals surface area contributed by atoms with E-state index in [4.69, 9.17) is 9.47 Å². The second-order valence-electron chi connectivity index (χ2n) is 6.02. The van der Waals surface area contributed by atoms with Crippen LogP contribution in [0.15, 0.2) is 59.5 Å². The van der Waals surface area contributed by atoms with E-state index in [0.29, 0.717) is 18.8 Å². The van der Waals surface area contributed by atoms with Gasteiger partial charge in [0.05, 0.1) is 6.10 Å². The van der Waals surface area contributed by atoms with Crippen molar-refractivity contribution in [1.82, 2.24) is 5.32 Å². The summed E-state index contributed by atoms with van der Waals surface area (Å²) < 4.78 is 11.3. The average molecular weight is 372 g/mol. The van der Waals surface area contributed by atoms with E-state index in [0.717, 1.165) is 31.0 Å². The Balaban J connectivity index is 1.37. The third-order valence-corrected chi connectivity index (χ3v) is 4.97. The predicted octanol–water partition coefficient (Wildman–Crippen LogP) is 4.16. The van der Waals surface area contributed by atoms with E-state index >= 15 is 0 Å². The lowest BCUT2D eigenvalue weighted by atomic mass is 10.2. The molecule has 6 heteroatoms. The minimum Gasteiger partial charge on any atom is -0.491 e. The number of nitrogens with one attached hydrogen (secondary N) is 2. The Hall–Kier alpha value is -2.18. The highest BCUT2D eigenvalue weighted by Gasteiger charge is 2.16. The highest BCUT2D eigenvalue weighted by molar-refractivity contribution is 7.99. The van der Waals surface area contributed by atoms with Crippen LogP contribution in [-0.2, 0) is 4.74 Å². The van der Waals surface area contributed by atoms with Crippen LogP contribution in [0.3, 0.4) is 0 Å². The predicted molar refractivity (Wildman–Crippen MR) is 105 cm³/mol. The van der Waals surface area contributed by atoms with Gasteiger partial charge in [0, 0.05) is 35.6 Å². The number of carbonyl (C=O) groups excluding carboxylic acids is 1. The maximum atomic E-state index is 12.0. The van der Waals surface area contributed by atoms with E-state index in [1.807, 2.05) is 42.5 Å². The van der Waals surface area contributed by atoms with Crippen molar-refractivity contribution in [2.75, 3.05) is 30.8 Å². The second kappa shape index (κ2) is 10.1. The van der Waals surface area contributed by atoms with Crippen molar-refractivity contribution in [2.24, 2.45) is 0 Å². The van der Waals surface area contributed by atoms with Crippen molar-refractivity contribution < 1.29 is 14.3 Å². The van der Waals surface area contributed by atoms with Gasteiger partial charge in [-0.15, -0.1) is 11.8 Å². The van der Waals surface area contributed by atoms with Crippen molar-refractivity contribution in [1.29, 1.82) is 0 Å². The minimum absolute atomic E-state index is 0.178. The average Bonchev–Trinajstić information content (AvgIpc) is 3.18. The summed E-state index contributed by atoms with van der Waals surface area (Å²) in [4.78, 5) is 13.2. The Kier molecular flexibility index (Phi) is 7.22. The molecule has 0 saturated carbocycles. The second-order valence-corrected chi connectivity index (χ2v) is 7.18. The maximum absolute atomic E-state index is 12.0. The molecule has 1 heterocycles. The first-order valence-electron chi connectivity index (χ1n) is 8.87. The van der Waals surface area contributed by atoms with Gasteiger partial charge in [0.15, 0.2) is 0 Å². The molecular weight excluding hydrogens is 348 g/mol. The lowest BCUT2D eigenvalue weighted by Gasteiger charge is -2.13. The number of benzene rings is 2. The molecule has 1 fully saturated rings. The molecule has 0 bridgehead atoms. The van der Waals surface area contributed by atoms with Crippen LogP contribution >= 0.6 is 11.8 Å². The van der Waals surface area contributed by atoms with Gasteiger partial charge in [0.1, 0.15) is 12.4 Å². The van der Waals surface area contributed by atoms with Gasteiger partial charge in [0.25, 0.3) is 0 Å². The van der Waals surface area contributed by atoms with Gasteiger partial charge in [0.2, 0.25) is 0 Å². The van der Waals surface area contributed by atoms with Crippen LogP contribution in [0.4, 0.5) is 10.5 Å². The third-order valence-electron chi connectivity index (χ3n) is 3.95. The Labute approximate surface area is 158 Å². The first kappa shape index (κ1) is 18.6. The first-order valence-corrected chi connectivity index (χ1v) is 9.85. The molecule has 2 aromatic carbocycles. The van der Waals surface area contributed by atoms with E-state index in [9.17, 15) is 4.79 Å². The number of anilines is 1. The number of rotatable bonds is 8. The summed E-state index contributed by atoms with van der Waals surface area (Å²) >= 11 is 1.72. The van der Waals surface area contributed by atoms with Crippen LogP contribution in [-0.4, -0.2) is 37.6 Å². The molecule has 1 aliphatic heterocycles. The smallest absolute Gasteiger partial charge is 0.319 e. The van der Waals surface area contributed by atoms with Crippen LogP contribution < -0.4 is 15.4 Å². The van der Waals surface area contributed by atoms with Crippen LogP contribution in [0.25, 0.3) is 0 Å². The molecule has 0 spiro atoms. The fourth-order valence-corrected chi connectivity index (χ4v) is 3.44. The van der Waals surface area contributed by atoms with Crippen molar-refractivity contribution in [2.45, 2.75) is 23.8 Å². The molecule has 1 unspecified atom stereocenters. The zero-order chi connectivity index (χ0) is 18.0. The Bertz CT molecular complexity index is 690. The van der Waals surface area contributed by atoms with Crippen molar-refractivity contribution in [3.8, 4) is 5.75 Å². The van der Waals surface area contributed by atoms with Gasteiger partial charge in [-0.3, -0.25) is 0 Å². The Morgan fingerprint density at radius 3 is 2.88 bits per heavy atom. The summed E-state index contributed by atoms with van der Waals surface area (Å²) in [5, 5.41) is 5.70. The maximum Gasteiger partial charge on any atom is 0.319 e. The van der Waals surface area contributed by atoms with Crippen molar-refractivity contribution in [3.63, 3.8) is 0 Å². The molecule has 5 nitrogen and oxygen atoms in total. The van der Waals surface area contributed by atoms with Crippen LogP contribution in [0.2, 0.25) is 0 Å². The Morgan fingerprint density at radius 2 is 2.08 bits per heavy atom. The lowest BCUT2D eigenvalue weighted by molar-refractivity contribution is 0.0680. The van der Waals surface area contributed by atoms with Gasteiger partial charge in [-0.25, -0.2) is 4.79 Å². The monoisotopic (exact) mass is 372 g/mol. The van der Waals surface area contributed by atoms with Crippen LogP contribution in [0.1, 0.15) is 12.8 Å². The first-order chi connectivity index (χ1) is 12.8. The zero-order valence-electron chi connectivity index (χ0n) is 14.6. The molecule has 2 amide bonds. The number of amides is 2. The van der Waals surface area contributed by atoms with Gasteiger partial charge in [-0.1, -0.05) is 24.3 Å². The van der Waals surface area contributed by atoms with Gasteiger partial charge >= 0.3 is 6.03 Å². The van der Waals surface area contributed by atoms with E-state index < -0.39 is 0 Å². The summed E-state index contributed by atoms with van der Waals surface area (Å²) in [6, 6.07) is 17.3. The SMILES string of the molecule is O=C(NCCSc1ccccc1)Nc1cccc(OCC2CCCO2)c1. The summed E-state index contributed by atoms with van der Waals surface area (Å²) in [5.41, 5.74) is 0.711. The number of carbonyl (C=O) groups is 1. The fraction of sp³-hybridized carbons (Fsp3) is 0.350. The Morgan fingerprint density at radius 1 is 1.19 bits per heavy atom. The summed E-state index contributed by atoms with van der Waals surface area (Å²) in [7, 11) is 0. The van der Waals surface area contributed by atoms with Crippen LogP contribution in [0.5, 0.6) is 5.75 Å². The van der Waals surface area contributed by atoms with Crippen LogP contribution in [0, 0.1) is 0 Å². The normalized spacial score (nSPS) is 16.2. The third kappa shape index (κ3) is 6.28. The molecule has 1 atom stereocenters. The lowest BCUT2D eigenvalue weighted by Crippen LogP contribution is -2.30. The van der Waals surface area contributed by atoms with E-state index in [2.05, 4.69) is 22.8 Å². The highest BCUT2D eigenvalue weighted by atomic mass is 32.2. The van der Waals surface area contributed by atoms with Gasteiger partial charge < -0.3 is 20.1 Å². The molecule has 0 aromatic heterocycles. The number of hydrogen-bond acceptors (Lipinski definition) is 4. The highest BCUT2D eigenvalue weighted by Crippen LogP contribution is 2.20. The zero-order valence-corrected chi connectivity index (χ0v) is 15.5. The number of ether oxygens (including phenoxy) is 2. The molecule has 2 aromatic rings. The van der Waals surface area contributed by atoms with Crippen molar-refractivity contribution >= 4 is 23.5 Å². The molecule has 2 N–H and O–H groups in total. The van der Waals surface area contributed by atoms with E-state index in [-0.39, 0.29) is 12.1 Å². The standard InChI is InChI=1S/C20H24N2O3S/c23-20(21-11-13-26-19-9-2-1-3-10-19)22-16-6-4-7-17(14-16)25-15-18-8-5-12-24-18/h1-4,6-7,9-10,14,18H,5,8,11-13,15H2,(H2,21,22,23).